The van der Waals surface area contributed by atoms with Crippen molar-refractivity contribution >= 4 is 11.8 Å². The monoisotopic (exact) mass is 228 g/mol. The molecule has 0 aliphatic heterocycles. The molecule has 0 aromatic rings. The Labute approximate surface area is 98.2 Å². The van der Waals surface area contributed by atoms with Crippen molar-refractivity contribution in [2.75, 3.05) is 13.1 Å². The lowest BCUT2D eigenvalue weighted by atomic mass is 10.1. The molecule has 0 spiro atoms. The summed E-state index contributed by atoms with van der Waals surface area (Å²) in [6, 6.07) is 0. The van der Waals surface area contributed by atoms with E-state index in [1.165, 1.54) is 0 Å². The SMILES string of the molecule is CC(C)CCNC(=O)CNC(=O)CC(C)C. The molecule has 0 aliphatic rings. The Morgan fingerprint density at radius 3 is 2.06 bits per heavy atom. The van der Waals surface area contributed by atoms with E-state index < -0.39 is 0 Å². The van der Waals surface area contributed by atoms with Crippen LogP contribution in [0.4, 0.5) is 0 Å². The summed E-state index contributed by atoms with van der Waals surface area (Å²) >= 11 is 0. The first kappa shape index (κ1) is 14.9. The Hall–Kier alpha value is -1.06. The zero-order chi connectivity index (χ0) is 12.6. The second kappa shape index (κ2) is 8.13. The highest BCUT2D eigenvalue weighted by atomic mass is 16.2. The topological polar surface area (TPSA) is 58.2 Å². The lowest BCUT2D eigenvalue weighted by molar-refractivity contribution is -0.126. The molecule has 0 aliphatic carbocycles. The van der Waals surface area contributed by atoms with Crippen LogP contribution in [0.1, 0.15) is 40.5 Å². The number of hydrogen-bond acceptors (Lipinski definition) is 2. The summed E-state index contributed by atoms with van der Waals surface area (Å²) in [6.07, 6.45) is 1.44. The van der Waals surface area contributed by atoms with Crippen molar-refractivity contribution in [3.8, 4) is 0 Å². The van der Waals surface area contributed by atoms with Crippen LogP contribution in [0.15, 0.2) is 0 Å². The second-order valence-corrected chi connectivity index (χ2v) is 4.91. The van der Waals surface area contributed by atoms with Gasteiger partial charge >= 0.3 is 0 Å². The minimum atomic E-state index is -0.113. The molecule has 94 valence electrons. The third kappa shape index (κ3) is 9.49. The first-order valence-corrected chi connectivity index (χ1v) is 5.95. The highest BCUT2D eigenvalue weighted by molar-refractivity contribution is 5.84. The maximum absolute atomic E-state index is 11.3. The minimum Gasteiger partial charge on any atom is -0.355 e. The first-order valence-electron chi connectivity index (χ1n) is 5.95. The van der Waals surface area contributed by atoms with Gasteiger partial charge in [0.2, 0.25) is 11.8 Å². The summed E-state index contributed by atoms with van der Waals surface area (Å²) in [6.45, 7) is 8.93. The number of amides is 2. The van der Waals surface area contributed by atoms with E-state index in [1.807, 2.05) is 13.8 Å². The van der Waals surface area contributed by atoms with E-state index in [2.05, 4.69) is 24.5 Å². The summed E-state index contributed by atoms with van der Waals surface area (Å²) in [5.41, 5.74) is 0. The second-order valence-electron chi connectivity index (χ2n) is 4.91. The maximum atomic E-state index is 11.3. The number of carbonyl (C=O) groups is 2. The van der Waals surface area contributed by atoms with Crippen molar-refractivity contribution in [3.05, 3.63) is 0 Å². The molecule has 0 atom stereocenters. The van der Waals surface area contributed by atoms with E-state index in [1.54, 1.807) is 0 Å². The smallest absolute Gasteiger partial charge is 0.239 e. The quantitative estimate of drug-likeness (QED) is 0.690. The van der Waals surface area contributed by atoms with Crippen molar-refractivity contribution in [1.82, 2.24) is 10.6 Å². The van der Waals surface area contributed by atoms with Gasteiger partial charge in [-0.15, -0.1) is 0 Å². The molecule has 2 N–H and O–H groups in total. The van der Waals surface area contributed by atoms with Gasteiger partial charge < -0.3 is 10.6 Å². The van der Waals surface area contributed by atoms with E-state index in [0.717, 1.165) is 6.42 Å². The van der Waals surface area contributed by atoms with Crippen LogP contribution in [-0.2, 0) is 9.59 Å². The Kier molecular flexibility index (Phi) is 7.60. The van der Waals surface area contributed by atoms with Gasteiger partial charge in [-0.1, -0.05) is 27.7 Å². The molecular formula is C12H24N2O2. The van der Waals surface area contributed by atoms with Gasteiger partial charge in [-0.25, -0.2) is 0 Å². The molecule has 0 aromatic carbocycles. The third-order valence-electron chi connectivity index (χ3n) is 2.08. The standard InChI is InChI=1S/C12H24N2O2/c1-9(2)5-6-13-12(16)8-14-11(15)7-10(3)4/h9-10H,5-8H2,1-4H3,(H,13,16)(H,14,15). The Balaban J connectivity index is 3.53. The van der Waals surface area contributed by atoms with Gasteiger partial charge in [0.25, 0.3) is 0 Å². The van der Waals surface area contributed by atoms with Crippen LogP contribution in [-0.4, -0.2) is 24.9 Å². The molecule has 0 saturated heterocycles. The van der Waals surface area contributed by atoms with Crippen LogP contribution in [0.5, 0.6) is 0 Å². The van der Waals surface area contributed by atoms with Crippen LogP contribution in [0.3, 0.4) is 0 Å². The van der Waals surface area contributed by atoms with Crippen LogP contribution >= 0.6 is 0 Å². The van der Waals surface area contributed by atoms with E-state index in [0.29, 0.717) is 24.8 Å². The van der Waals surface area contributed by atoms with Gasteiger partial charge in [-0.2, -0.15) is 0 Å². The van der Waals surface area contributed by atoms with Gasteiger partial charge in [0.1, 0.15) is 0 Å². The number of carbonyl (C=O) groups excluding carboxylic acids is 2. The molecule has 0 saturated carbocycles. The molecule has 16 heavy (non-hydrogen) atoms. The fraction of sp³-hybridized carbons (Fsp3) is 0.833. The third-order valence-corrected chi connectivity index (χ3v) is 2.08. The lowest BCUT2D eigenvalue weighted by Crippen LogP contribution is -2.37. The number of rotatable bonds is 7. The van der Waals surface area contributed by atoms with Gasteiger partial charge in [0.15, 0.2) is 0 Å². The molecule has 0 radical (unpaired) electrons. The van der Waals surface area contributed by atoms with E-state index in [9.17, 15) is 9.59 Å². The summed E-state index contributed by atoms with van der Waals surface area (Å²) in [5.74, 6) is 0.728. The molecular weight excluding hydrogens is 204 g/mol. The molecule has 0 unspecified atom stereocenters. The lowest BCUT2D eigenvalue weighted by Gasteiger charge is -2.09. The highest BCUT2D eigenvalue weighted by Crippen LogP contribution is 1.98. The zero-order valence-corrected chi connectivity index (χ0v) is 10.8. The maximum Gasteiger partial charge on any atom is 0.239 e. The zero-order valence-electron chi connectivity index (χ0n) is 10.8. The van der Waals surface area contributed by atoms with Crippen LogP contribution in [0, 0.1) is 11.8 Å². The molecule has 4 nitrogen and oxygen atoms in total. The summed E-state index contributed by atoms with van der Waals surface area (Å²) in [4.78, 5) is 22.5. The summed E-state index contributed by atoms with van der Waals surface area (Å²) < 4.78 is 0. The predicted octanol–water partition coefficient (Wildman–Crippen LogP) is 1.31. The number of nitrogens with one attached hydrogen (secondary N) is 2. The van der Waals surface area contributed by atoms with Crippen molar-refractivity contribution in [2.24, 2.45) is 11.8 Å². The molecule has 0 aromatic heterocycles. The van der Waals surface area contributed by atoms with Crippen LogP contribution < -0.4 is 10.6 Å². The van der Waals surface area contributed by atoms with Gasteiger partial charge in [-0.3, -0.25) is 9.59 Å². The van der Waals surface area contributed by atoms with Crippen LogP contribution in [0.2, 0.25) is 0 Å². The van der Waals surface area contributed by atoms with Gasteiger partial charge in [0.05, 0.1) is 6.54 Å². The fourth-order valence-corrected chi connectivity index (χ4v) is 1.18. The summed E-state index contributed by atoms with van der Waals surface area (Å²) in [5, 5.41) is 5.37. The van der Waals surface area contributed by atoms with Crippen molar-refractivity contribution in [1.29, 1.82) is 0 Å². The van der Waals surface area contributed by atoms with Crippen molar-refractivity contribution in [3.63, 3.8) is 0 Å². The van der Waals surface area contributed by atoms with E-state index in [4.69, 9.17) is 0 Å². The van der Waals surface area contributed by atoms with Crippen molar-refractivity contribution < 1.29 is 9.59 Å². The molecule has 4 heteroatoms. The fourth-order valence-electron chi connectivity index (χ4n) is 1.18. The predicted molar refractivity (Wildman–Crippen MR) is 64.9 cm³/mol. The highest BCUT2D eigenvalue weighted by Gasteiger charge is 2.06. The molecule has 0 bridgehead atoms. The molecule has 0 rings (SSSR count). The average molecular weight is 228 g/mol. The Morgan fingerprint density at radius 2 is 1.56 bits per heavy atom. The number of hydrogen-bond donors (Lipinski definition) is 2. The molecule has 0 heterocycles. The van der Waals surface area contributed by atoms with Crippen LogP contribution in [0.25, 0.3) is 0 Å². The van der Waals surface area contributed by atoms with Gasteiger partial charge in [0, 0.05) is 13.0 Å². The molecule has 0 fully saturated rings. The minimum absolute atomic E-state index is 0.0611. The summed E-state index contributed by atoms with van der Waals surface area (Å²) in [7, 11) is 0. The average Bonchev–Trinajstić information content (AvgIpc) is 2.13. The van der Waals surface area contributed by atoms with E-state index >= 15 is 0 Å². The van der Waals surface area contributed by atoms with E-state index in [-0.39, 0.29) is 18.4 Å². The molecule has 2 amide bonds. The largest absolute Gasteiger partial charge is 0.355 e. The Bertz CT molecular complexity index is 225. The van der Waals surface area contributed by atoms with Crippen molar-refractivity contribution in [2.45, 2.75) is 40.5 Å². The first-order chi connectivity index (χ1) is 7.41. The normalized spacial score (nSPS) is 10.6. The Morgan fingerprint density at radius 1 is 0.938 bits per heavy atom. The van der Waals surface area contributed by atoms with Gasteiger partial charge in [-0.05, 0) is 18.3 Å².